The maximum Gasteiger partial charge on any atom is 0.191 e. The third kappa shape index (κ3) is 7.45. The Bertz CT molecular complexity index is 583. The molecule has 1 aromatic rings. The zero-order valence-electron chi connectivity index (χ0n) is 13.7. The number of sulfone groups is 1. The highest BCUT2D eigenvalue weighted by atomic mass is 32.2. The molecule has 124 valence electrons. The van der Waals surface area contributed by atoms with Gasteiger partial charge in [-0.25, -0.2) is 13.4 Å². The van der Waals surface area contributed by atoms with Gasteiger partial charge in [-0.05, 0) is 30.9 Å². The van der Waals surface area contributed by atoms with Gasteiger partial charge in [0.25, 0.3) is 0 Å². The molecule has 0 bridgehead atoms. The van der Waals surface area contributed by atoms with Crippen molar-refractivity contribution in [3.8, 4) is 0 Å². The Labute approximate surface area is 134 Å². The Morgan fingerprint density at radius 2 is 1.82 bits per heavy atom. The summed E-state index contributed by atoms with van der Waals surface area (Å²) >= 11 is 0. The zero-order chi connectivity index (χ0) is 16.4. The van der Waals surface area contributed by atoms with Crippen LogP contribution >= 0.6 is 0 Å². The minimum absolute atomic E-state index is 0.193. The highest BCUT2D eigenvalue weighted by Gasteiger charge is 2.03. The highest BCUT2D eigenvalue weighted by Crippen LogP contribution is 2.10. The van der Waals surface area contributed by atoms with E-state index in [1.807, 2.05) is 19.1 Å². The van der Waals surface area contributed by atoms with Gasteiger partial charge in [0.1, 0.15) is 9.84 Å². The molecular weight excluding hydrogens is 298 g/mol. The second-order valence-electron chi connectivity index (χ2n) is 5.23. The summed E-state index contributed by atoms with van der Waals surface area (Å²) in [6, 6.07) is 8.28. The molecule has 6 heteroatoms. The molecule has 0 saturated heterocycles. The van der Waals surface area contributed by atoms with Crippen LogP contribution in [-0.2, 0) is 22.8 Å². The Hall–Kier alpha value is -1.56. The van der Waals surface area contributed by atoms with Crippen LogP contribution in [0.3, 0.4) is 0 Å². The minimum Gasteiger partial charge on any atom is -0.357 e. The average Bonchev–Trinajstić information content (AvgIpc) is 2.48. The quantitative estimate of drug-likeness (QED) is 0.434. The van der Waals surface area contributed by atoms with Crippen molar-refractivity contribution in [1.29, 1.82) is 0 Å². The van der Waals surface area contributed by atoms with Crippen LogP contribution in [0.2, 0.25) is 0 Å². The van der Waals surface area contributed by atoms with E-state index in [0.29, 0.717) is 19.5 Å². The maximum absolute atomic E-state index is 11.1. The van der Waals surface area contributed by atoms with Gasteiger partial charge in [0.2, 0.25) is 0 Å². The van der Waals surface area contributed by atoms with E-state index in [9.17, 15) is 8.42 Å². The van der Waals surface area contributed by atoms with Gasteiger partial charge in [0, 0.05) is 19.3 Å². The zero-order valence-corrected chi connectivity index (χ0v) is 14.5. The van der Waals surface area contributed by atoms with Crippen molar-refractivity contribution >= 4 is 15.8 Å². The molecule has 22 heavy (non-hydrogen) atoms. The molecule has 0 spiro atoms. The van der Waals surface area contributed by atoms with Gasteiger partial charge in [-0.1, -0.05) is 31.2 Å². The van der Waals surface area contributed by atoms with E-state index >= 15 is 0 Å². The first-order valence-corrected chi connectivity index (χ1v) is 9.79. The number of rotatable bonds is 8. The Morgan fingerprint density at radius 3 is 2.41 bits per heavy atom. The topological polar surface area (TPSA) is 70.6 Å². The number of aryl methyl sites for hydroxylation is 1. The fourth-order valence-electron chi connectivity index (χ4n) is 2.10. The van der Waals surface area contributed by atoms with Crippen LogP contribution in [0.4, 0.5) is 0 Å². The fourth-order valence-corrected chi connectivity index (χ4v) is 2.77. The van der Waals surface area contributed by atoms with E-state index in [2.05, 4.69) is 34.7 Å². The third-order valence-corrected chi connectivity index (χ3v) is 4.27. The highest BCUT2D eigenvalue weighted by molar-refractivity contribution is 7.90. The molecule has 0 unspecified atom stereocenters. The molecule has 0 atom stereocenters. The smallest absolute Gasteiger partial charge is 0.191 e. The third-order valence-electron chi connectivity index (χ3n) is 3.24. The van der Waals surface area contributed by atoms with E-state index in [1.165, 1.54) is 17.4 Å². The molecular formula is C16H27N3O2S. The lowest BCUT2D eigenvalue weighted by molar-refractivity contribution is 0.598. The van der Waals surface area contributed by atoms with Crippen LogP contribution in [0.5, 0.6) is 0 Å². The van der Waals surface area contributed by atoms with E-state index in [0.717, 1.165) is 18.9 Å². The minimum atomic E-state index is -2.90. The number of aliphatic imine (C=N–C) groups is 1. The number of guanidine groups is 1. The number of hydrogen-bond donors (Lipinski definition) is 2. The van der Waals surface area contributed by atoms with Gasteiger partial charge >= 0.3 is 0 Å². The second-order valence-corrected chi connectivity index (χ2v) is 7.49. The molecule has 0 aliphatic heterocycles. The van der Waals surface area contributed by atoms with Gasteiger partial charge < -0.3 is 10.6 Å². The monoisotopic (exact) mass is 325 g/mol. The van der Waals surface area contributed by atoms with Gasteiger partial charge in [0.05, 0.1) is 12.3 Å². The van der Waals surface area contributed by atoms with E-state index in [-0.39, 0.29) is 5.75 Å². The van der Waals surface area contributed by atoms with E-state index < -0.39 is 9.84 Å². The second kappa shape index (κ2) is 9.46. The lowest BCUT2D eigenvalue weighted by Crippen LogP contribution is -2.38. The van der Waals surface area contributed by atoms with Gasteiger partial charge in [0.15, 0.2) is 5.96 Å². The Morgan fingerprint density at radius 1 is 1.14 bits per heavy atom. The SMILES string of the molecule is CCNC(=NCc1ccccc1CC)NCCCS(C)(=O)=O. The lowest BCUT2D eigenvalue weighted by atomic mass is 10.1. The molecule has 0 saturated carbocycles. The molecule has 0 radical (unpaired) electrons. The molecule has 0 aliphatic rings. The van der Waals surface area contributed by atoms with Crippen molar-refractivity contribution in [2.24, 2.45) is 4.99 Å². The van der Waals surface area contributed by atoms with Crippen LogP contribution < -0.4 is 10.6 Å². The van der Waals surface area contributed by atoms with Crippen LogP contribution in [-0.4, -0.2) is 39.5 Å². The fraction of sp³-hybridized carbons (Fsp3) is 0.562. The van der Waals surface area contributed by atoms with Gasteiger partial charge in [-0.3, -0.25) is 0 Å². The first-order chi connectivity index (χ1) is 10.5. The van der Waals surface area contributed by atoms with E-state index in [4.69, 9.17) is 0 Å². The van der Waals surface area contributed by atoms with Crippen LogP contribution in [0.1, 0.15) is 31.4 Å². The molecule has 0 amide bonds. The molecule has 2 N–H and O–H groups in total. The van der Waals surface area contributed by atoms with Crippen LogP contribution in [0, 0.1) is 0 Å². The van der Waals surface area contributed by atoms with Crippen molar-refractivity contribution in [1.82, 2.24) is 10.6 Å². The average molecular weight is 325 g/mol. The molecule has 0 aromatic heterocycles. The first kappa shape index (κ1) is 18.5. The molecule has 5 nitrogen and oxygen atoms in total. The Kier molecular flexibility index (Phi) is 7.95. The van der Waals surface area contributed by atoms with Crippen molar-refractivity contribution < 1.29 is 8.42 Å². The van der Waals surface area contributed by atoms with Crippen molar-refractivity contribution in [2.75, 3.05) is 25.1 Å². The van der Waals surface area contributed by atoms with Crippen LogP contribution in [0.15, 0.2) is 29.3 Å². The Balaban J connectivity index is 2.58. The standard InChI is InChI=1S/C16H27N3O2S/c1-4-14-9-6-7-10-15(14)13-19-16(17-5-2)18-11-8-12-22(3,20)21/h6-7,9-10H,4-5,8,11-13H2,1-3H3,(H2,17,18,19). The summed E-state index contributed by atoms with van der Waals surface area (Å²) in [5.74, 6) is 0.917. The predicted octanol–water partition coefficient (Wildman–Crippen LogP) is 1.74. The van der Waals surface area contributed by atoms with Crippen LogP contribution in [0.25, 0.3) is 0 Å². The summed E-state index contributed by atoms with van der Waals surface area (Å²) in [6.45, 7) is 6.12. The first-order valence-electron chi connectivity index (χ1n) is 7.73. The predicted molar refractivity (Wildman–Crippen MR) is 93.0 cm³/mol. The summed E-state index contributed by atoms with van der Waals surface area (Å²) < 4.78 is 22.2. The maximum atomic E-state index is 11.1. The largest absolute Gasteiger partial charge is 0.357 e. The van der Waals surface area contributed by atoms with Gasteiger partial charge in [-0.2, -0.15) is 0 Å². The van der Waals surface area contributed by atoms with Crippen molar-refractivity contribution in [3.63, 3.8) is 0 Å². The number of nitrogens with one attached hydrogen (secondary N) is 2. The van der Waals surface area contributed by atoms with Crippen molar-refractivity contribution in [2.45, 2.75) is 33.2 Å². The summed E-state index contributed by atoms with van der Waals surface area (Å²) in [5.41, 5.74) is 2.53. The number of nitrogens with zero attached hydrogens (tertiary/aromatic N) is 1. The number of benzene rings is 1. The summed E-state index contributed by atoms with van der Waals surface area (Å²) in [5, 5.41) is 6.35. The molecule has 1 rings (SSSR count). The molecule has 0 aliphatic carbocycles. The molecule has 0 heterocycles. The van der Waals surface area contributed by atoms with Crippen molar-refractivity contribution in [3.05, 3.63) is 35.4 Å². The summed E-state index contributed by atoms with van der Waals surface area (Å²) in [4.78, 5) is 4.57. The lowest BCUT2D eigenvalue weighted by Gasteiger charge is -2.12. The van der Waals surface area contributed by atoms with Gasteiger partial charge in [-0.15, -0.1) is 0 Å². The summed E-state index contributed by atoms with van der Waals surface area (Å²) in [6.07, 6.45) is 2.83. The van der Waals surface area contributed by atoms with E-state index in [1.54, 1.807) is 0 Å². The number of hydrogen-bond acceptors (Lipinski definition) is 3. The molecule has 1 aromatic carbocycles. The molecule has 0 fully saturated rings. The summed E-state index contributed by atoms with van der Waals surface area (Å²) in [7, 11) is -2.90. The normalized spacial score (nSPS) is 12.2.